The Labute approximate surface area is 120 Å². The molecule has 1 saturated carbocycles. The molecule has 0 N–H and O–H groups in total. The van der Waals surface area contributed by atoms with Crippen LogP contribution in [0.2, 0.25) is 5.02 Å². The average Bonchev–Trinajstić information content (AvgIpc) is 2.69. The third-order valence-corrected chi connectivity index (χ3v) is 4.65. The van der Waals surface area contributed by atoms with Crippen molar-refractivity contribution in [2.75, 3.05) is 0 Å². The van der Waals surface area contributed by atoms with E-state index < -0.39 is 0 Å². The molecule has 2 nitrogen and oxygen atoms in total. The molecule has 0 bridgehead atoms. The third-order valence-electron chi connectivity index (χ3n) is 4.28. The molecule has 0 amide bonds. The van der Waals surface area contributed by atoms with Crippen molar-refractivity contribution in [1.29, 1.82) is 0 Å². The molecule has 0 aromatic heterocycles. The molecular formula is C16H21ClO2. The number of ether oxygens (including phenoxy) is 2. The standard InChI is InChI=1S/C16H21ClO2/c1-12-15(11-13-7-3-4-8-14(13)17)19-16(18-12)9-5-2-6-10-16/h3-4,7-8,12,15H,2,5-6,9-11H2,1H3/t12-,15-/m1/s1. The molecule has 3 heteroatoms. The largest absolute Gasteiger partial charge is 0.344 e. The van der Waals surface area contributed by atoms with E-state index in [1.54, 1.807) is 0 Å². The molecule has 0 unspecified atom stereocenters. The summed E-state index contributed by atoms with van der Waals surface area (Å²) in [5.74, 6) is -0.302. The lowest BCUT2D eigenvalue weighted by Crippen LogP contribution is -2.33. The number of rotatable bonds is 2. The van der Waals surface area contributed by atoms with Crippen molar-refractivity contribution < 1.29 is 9.47 Å². The summed E-state index contributed by atoms with van der Waals surface area (Å²) in [6, 6.07) is 8.00. The SMILES string of the molecule is C[C@H]1OC2(CCCCC2)O[C@@H]1Cc1ccccc1Cl. The van der Waals surface area contributed by atoms with Gasteiger partial charge in [0.15, 0.2) is 5.79 Å². The van der Waals surface area contributed by atoms with Crippen molar-refractivity contribution in [3.63, 3.8) is 0 Å². The van der Waals surface area contributed by atoms with Gasteiger partial charge in [-0.1, -0.05) is 36.2 Å². The normalized spacial score (nSPS) is 29.8. The molecule has 19 heavy (non-hydrogen) atoms. The molecule has 1 heterocycles. The topological polar surface area (TPSA) is 18.5 Å². The minimum Gasteiger partial charge on any atom is -0.344 e. The zero-order chi connectivity index (χ0) is 13.3. The Morgan fingerprint density at radius 3 is 2.63 bits per heavy atom. The Morgan fingerprint density at radius 1 is 1.16 bits per heavy atom. The molecule has 3 rings (SSSR count). The van der Waals surface area contributed by atoms with Gasteiger partial charge in [0.25, 0.3) is 0 Å². The lowest BCUT2D eigenvalue weighted by atomic mass is 9.94. The van der Waals surface area contributed by atoms with Gasteiger partial charge in [-0.15, -0.1) is 0 Å². The van der Waals surface area contributed by atoms with Crippen molar-refractivity contribution in [1.82, 2.24) is 0 Å². The molecule has 2 fully saturated rings. The molecular weight excluding hydrogens is 260 g/mol. The highest BCUT2D eigenvalue weighted by Gasteiger charge is 2.46. The zero-order valence-electron chi connectivity index (χ0n) is 11.4. The van der Waals surface area contributed by atoms with Crippen molar-refractivity contribution in [3.05, 3.63) is 34.9 Å². The van der Waals surface area contributed by atoms with E-state index in [1.165, 1.54) is 19.3 Å². The predicted molar refractivity (Wildman–Crippen MR) is 76.4 cm³/mol. The Bertz CT molecular complexity index is 440. The summed E-state index contributed by atoms with van der Waals surface area (Å²) in [6.07, 6.45) is 6.91. The maximum atomic E-state index is 6.28. The maximum Gasteiger partial charge on any atom is 0.169 e. The van der Waals surface area contributed by atoms with Crippen LogP contribution < -0.4 is 0 Å². The summed E-state index contributed by atoms with van der Waals surface area (Å²) >= 11 is 6.23. The monoisotopic (exact) mass is 280 g/mol. The molecule has 1 aliphatic heterocycles. The van der Waals surface area contributed by atoms with Gasteiger partial charge in [-0.05, 0) is 31.4 Å². The second kappa shape index (κ2) is 5.43. The molecule has 1 saturated heterocycles. The van der Waals surface area contributed by atoms with E-state index in [1.807, 2.05) is 18.2 Å². The van der Waals surface area contributed by atoms with Crippen molar-refractivity contribution >= 4 is 11.6 Å². The van der Waals surface area contributed by atoms with Gasteiger partial charge < -0.3 is 9.47 Å². The van der Waals surface area contributed by atoms with E-state index in [9.17, 15) is 0 Å². The fraction of sp³-hybridized carbons (Fsp3) is 0.625. The van der Waals surface area contributed by atoms with Gasteiger partial charge in [0, 0.05) is 24.3 Å². The quantitative estimate of drug-likeness (QED) is 0.802. The first-order chi connectivity index (χ1) is 9.19. The zero-order valence-corrected chi connectivity index (χ0v) is 12.2. The smallest absolute Gasteiger partial charge is 0.169 e. The first kappa shape index (κ1) is 13.4. The summed E-state index contributed by atoms with van der Waals surface area (Å²) in [4.78, 5) is 0. The Balaban J connectivity index is 1.70. The van der Waals surface area contributed by atoms with Crippen LogP contribution in [0.3, 0.4) is 0 Å². The Morgan fingerprint density at radius 2 is 1.89 bits per heavy atom. The molecule has 1 aromatic rings. The van der Waals surface area contributed by atoms with Gasteiger partial charge in [0.1, 0.15) is 0 Å². The third kappa shape index (κ3) is 2.81. The van der Waals surface area contributed by atoms with Gasteiger partial charge in [0.2, 0.25) is 0 Å². The van der Waals surface area contributed by atoms with Crippen LogP contribution in [0.4, 0.5) is 0 Å². The van der Waals surface area contributed by atoms with E-state index in [0.29, 0.717) is 0 Å². The second-order valence-corrected chi connectivity index (χ2v) is 6.15. The molecule has 104 valence electrons. The Hall–Kier alpha value is -0.570. The van der Waals surface area contributed by atoms with Crippen molar-refractivity contribution in [2.45, 2.75) is 63.4 Å². The fourth-order valence-electron chi connectivity index (χ4n) is 3.23. The molecule has 1 spiro atoms. The highest BCUT2D eigenvalue weighted by Crippen LogP contribution is 2.41. The van der Waals surface area contributed by atoms with E-state index in [0.717, 1.165) is 29.8 Å². The van der Waals surface area contributed by atoms with Crippen LogP contribution in [0.5, 0.6) is 0 Å². The van der Waals surface area contributed by atoms with Crippen LogP contribution in [0.25, 0.3) is 0 Å². The van der Waals surface area contributed by atoms with Crippen LogP contribution in [0, 0.1) is 0 Å². The van der Waals surface area contributed by atoms with Gasteiger partial charge in [-0.3, -0.25) is 0 Å². The van der Waals surface area contributed by atoms with Gasteiger partial charge >= 0.3 is 0 Å². The van der Waals surface area contributed by atoms with Crippen LogP contribution in [-0.4, -0.2) is 18.0 Å². The number of hydrogen-bond donors (Lipinski definition) is 0. The summed E-state index contributed by atoms with van der Waals surface area (Å²) in [5.41, 5.74) is 1.15. The second-order valence-electron chi connectivity index (χ2n) is 5.75. The summed E-state index contributed by atoms with van der Waals surface area (Å²) in [7, 11) is 0. The lowest BCUT2D eigenvalue weighted by molar-refractivity contribution is -0.192. The number of benzene rings is 1. The first-order valence-electron chi connectivity index (χ1n) is 7.28. The average molecular weight is 281 g/mol. The first-order valence-corrected chi connectivity index (χ1v) is 7.65. The number of halogens is 1. The molecule has 1 aromatic carbocycles. The molecule has 2 atom stereocenters. The molecule has 1 aliphatic carbocycles. The highest BCUT2D eigenvalue weighted by molar-refractivity contribution is 6.31. The van der Waals surface area contributed by atoms with Gasteiger partial charge in [-0.2, -0.15) is 0 Å². The highest BCUT2D eigenvalue weighted by atomic mass is 35.5. The minimum absolute atomic E-state index is 0.123. The van der Waals surface area contributed by atoms with Crippen molar-refractivity contribution in [3.8, 4) is 0 Å². The van der Waals surface area contributed by atoms with E-state index >= 15 is 0 Å². The predicted octanol–water partition coefficient (Wildman–Crippen LogP) is 4.35. The van der Waals surface area contributed by atoms with E-state index in [2.05, 4.69) is 13.0 Å². The van der Waals surface area contributed by atoms with E-state index in [4.69, 9.17) is 21.1 Å². The molecule has 0 radical (unpaired) electrons. The Kier molecular flexibility index (Phi) is 3.84. The van der Waals surface area contributed by atoms with Gasteiger partial charge in [-0.25, -0.2) is 0 Å². The van der Waals surface area contributed by atoms with E-state index in [-0.39, 0.29) is 18.0 Å². The van der Waals surface area contributed by atoms with Crippen molar-refractivity contribution in [2.24, 2.45) is 0 Å². The van der Waals surface area contributed by atoms with Crippen LogP contribution >= 0.6 is 11.6 Å². The van der Waals surface area contributed by atoms with Crippen LogP contribution in [-0.2, 0) is 15.9 Å². The lowest BCUT2D eigenvalue weighted by Gasteiger charge is -2.32. The van der Waals surface area contributed by atoms with Gasteiger partial charge in [0.05, 0.1) is 12.2 Å². The van der Waals surface area contributed by atoms with Crippen LogP contribution in [0.1, 0.15) is 44.6 Å². The molecule has 2 aliphatic rings. The van der Waals surface area contributed by atoms with Crippen LogP contribution in [0.15, 0.2) is 24.3 Å². The summed E-state index contributed by atoms with van der Waals surface area (Å²) in [5, 5.41) is 0.822. The summed E-state index contributed by atoms with van der Waals surface area (Å²) in [6.45, 7) is 2.12. The fourth-order valence-corrected chi connectivity index (χ4v) is 3.44. The minimum atomic E-state index is -0.302. The summed E-state index contributed by atoms with van der Waals surface area (Å²) < 4.78 is 12.4. The number of hydrogen-bond acceptors (Lipinski definition) is 2. The maximum absolute atomic E-state index is 6.28.